The van der Waals surface area contributed by atoms with E-state index >= 15 is 0 Å². The Morgan fingerprint density at radius 2 is 1.55 bits per heavy atom. The van der Waals surface area contributed by atoms with Crippen molar-refractivity contribution in [2.75, 3.05) is 19.8 Å². The Morgan fingerprint density at radius 3 is 2.38 bits per heavy atom. The first-order valence-corrected chi connectivity index (χ1v) is 14.5. The van der Waals surface area contributed by atoms with E-state index in [1.807, 2.05) is 66.7 Å². The van der Waals surface area contributed by atoms with E-state index in [2.05, 4.69) is 20.8 Å². The number of fused-ring (bicyclic) bond motifs is 2. The molecule has 0 aliphatic rings. The van der Waals surface area contributed by atoms with Crippen LogP contribution in [0.15, 0.2) is 72.8 Å². The van der Waals surface area contributed by atoms with Crippen molar-refractivity contribution in [3.05, 3.63) is 83.9 Å². The van der Waals surface area contributed by atoms with Gasteiger partial charge < -0.3 is 14.2 Å². The molecule has 5 nitrogen and oxygen atoms in total. The lowest BCUT2D eigenvalue weighted by atomic mass is 9.99. The molecule has 0 heterocycles. The molecule has 4 aromatic carbocycles. The largest absolute Gasteiger partial charge is 0.490 e. The SMILES string of the molecule is CCCCCCOCCOc1ccc2ccccc2c1C(=O)Oc1ccc2cc(C(=O)CCC(C)C)ccc2c1. The van der Waals surface area contributed by atoms with E-state index < -0.39 is 5.97 Å². The lowest BCUT2D eigenvalue weighted by Crippen LogP contribution is -2.14. The molecular formula is C35H40O5. The Morgan fingerprint density at radius 1 is 0.775 bits per heavy atom. The highest BCUT2D eigenvalue weighted by molar-refractivity contribution is 6.08. The highest BCUT2D eigenvalue weighted by Gasteiger charge is 2.19. The summed E-state index contributed by atoms with van der Waals surface area (Å²) in [4.78, 5) is 26.1. The summed E-state index contributed by atoms with van der Waals surface area (Å²) >= 11 is 0. The summed E-state index contributed by atoms with van der Waals surface area (Å²) in [6.45, 7) is 7.95. The number of unbranched alkanes of at least 4 members (excludes halogenated alkanes) is 3. The number of Topliss-reactive ketones (excluding diaryl/α,β-unsaturated/α-hetero) is 1. The lowest BCUT2D eigenvalue weighted by Gasteiger charge is -2.14. The Labute approximate surface area is 237 Å². The van der Waals surface area contributed by atoms with Crippen molar-refractivity contribution in [1.82, 2.24) is 0 Å². The fourth-order valence-corrected chi connectivity index (χ4v) is 4.71. The second kappa shape index (κ2) is 14.6. The monoisotopic (exact) mass is 540 g/mol. The molecule has 0 unspecified atom stereocenters. The summed E-state index contributed by atoms with van der Waals surface area (Å²) < 4.78 is 17.6. The van der Waals surface area contributed by atoms with Crippen LogP contribution in [0.5, 0.6) is 11.5 Å². The molecule has 0 bridgehead atoms. The molecule has 0 aliphatic carbocycles. The predicted octanol–water partition coefficient (Wildman–Crippen LogP) is 8.81. The van der Waals surface area contributed by atoms with Crippen LogP contribution in [0.3, 0.4) is 0 Å². The van der Waals surface area contributed by atoms with Gasteiger partial charge in [-0.2, -0.15) is 0 Å². The van der Waals surface area contributed by atoms with Crippen molar-refractivity contribution >= 4 is 33.3 Å². The van der Waals surface area contributed by atoms with Crippen molar-refractivity contribution in [3.63, 3.8) is 0 Å². The van der Waals surface area contributed by atoms with Crippen molar-refractivity contribution in [3.8, 4) is 11.5 Å². The maximum atomic E-state index is 13.5. The number of carbonyl (C=O) groups is 2. The van der Waals surface area contributed by atoms with E-state index in [4.69, 9.17) is 14.2 Å². The number of carbonyl (C=O) groups excluding carboxylic acids is 2. The first-order chi connectivity index (χ1) is 19.5. The maximum absolute atomic E-state index is 13.5. The van der Waals surface area contributed by atoms with Gasteiger partial charge in [0.25, 0.3) is 0 Å². The van der Waals surface area contributed by atoms with Gasteiger partial charge in [0.2, 0.25) is 0 Å². The first-order valence-electron chi connectivity index (χ1n) is 14.5. The summed E-state index contributed by atoms with van der Waals surface area (Å²) in [6.07, 6.45) is 6.05. The zero-order chi connectivity index (χ0) is 28.3. The summed E-state index contributed by atoms with van der Waals surface area (Å²) in [5.74, 6) is 1.07. The third-order valence-corrected chi connectivity index (χ3v) is 7.02. The molecule has 0 aromatic heterocycles. The normalized spacial score (nSPS) is 11.3. The number of ketones is 1. The van der Waals surface area contributed by atoms with Crippen LogP contribution in [-0.2, 0) is 4.74 Å². The molecule has 0 saturated heterocycles. The topological polar surface area (TPSA) is 61.8 Å². The smallest absolute Gasteiger partial charge is 0.347 e. The molecule has 0 aliphatic heterocycles. The quantitative estimate of drug-likeness (QED) is 0.0652. The molecular weight excluding hydrogens is 500 g/mol. The van der Waals surface area contributed by atoms with E-state index in [1.54, 1.807) is 6.07 Å². The molecule has 5 heteroatoms. The van der Waals surface area contributed by atoms with Crippen molar-refractivity contribution in [2.45, 2.75) is 59.3 Å². The second-order valence-electron chi connectivity index (χ2n) is 10.7. The van der Waals surface area contributed by atoms with Crippen LogP contribution in [-0.4, -0.2) is 31.6 Å². The molecule has 210 valence electrons. The average Bonchev–Trinajstić information content (AvgIpc) is 2.96. The van der Waals surface area contributed by atoms with Gasteiger partial charge >= 0.3 is 5.97 Å². The molecule has 0 N–H and O–H groups in total. The number of hydrogen-bond donors (Lipinski definition) is 0. The number of ether oxygens (including phenoxy) is 3. The molecule has 0 amide bonds. The third kappa shape index (κ3) is 7.92. The van der Waals surface area contributed by atoms with E-state index in [0.717, 1.165) is 34.4 Å². The third-order valence-electron chi connectivity index (χ3n) is 7.02. The van der Waals surface area contributed by atoms with Crippen molar-refractivity contribution in [1.29, 1.82) is 0 Å². The number of esters is 1. The lowest BCUT2D eigenvalue weighted by molar-refractivity contribution is 0.0724. The van der Waals surface area contributed by atoms with E-state index in [1.165, 1.54) is 19.3 Å². The highest BCUT2D eigenvalue weighted by Crippen LogP contribution is 2.30. The summed E-state index contributed by atoms with van der Waals surface area (Å²) in [5.41, 5.74) is 1.10. The van der Waals surface area contributed by atoms with Crippen molar-refractivity contribution < 1.29 is 23.8 Å². The zero-order valence-corrected chi connectivity index (χ0v) is 23.9. The van der Waals surface area contributed by atoms with Crippen LogP contribution in [0.2, 0.25) is 0 Å². The average molecular weight is 541 g/mol. The van der Waals surface area contributed by atoms with Crippen LogP contribution < -0.4 is 9.47 Å². The van der Waals surface area contributed by atoms with Crippen molar-refractivity contribution in [2.24, 2.45) is 5.92 Å². The minimum atomic E-state index is -0.480. The minimum absolute atomic E-state index is 0.150. The van der Waals surface area contributed by atoms with E-state index in [0.29, 0.717) is 54.8 Å². The summed E-state index contributed by atoms with van der Waals surface area (Å²) in [6, 6.07) is 22.6. The van der Waals surface area contributed by atoms with Gasteiger partial charge in [-0.05, 0) is 64.6 Å². The Kier molecular flexibility index (Phi) is 10.7. The minimum Gasteiger partial charge on any atom is -0.490 e. The second-order valence-corrected chi connectivity index (χ2v) is 10.7. The fraction of sp³-hybridized carbons (Fsp3) is 0.371. The zero-order valence-electron chi connectivity index (χ0n) is 23.9. The van der Waals surface area contributed by atoms with E-state index in [-0.39, 0.29) is 5.78 Å². The molecule has 0 radical (unpaired) electrons. The maximum Gasteiger partial charge on any atom is 0.347 e. The summed E-state index contributed by atoms with van der Waals surface area (Å²) in [5, 5.41) is 3.54. The van der Waals surface area contributed by atoms with Gasteiger partial charge in [-0.1, -0.05) is 88.6 Å². The Balaban J connectivity index is 1.47. The molecule has 4 aromatic rings. The molecule has 0 atom stereocenters. The Bertz CT molecular complexity index is 1440. The number of benzene rings is 4. The van der Waals surface area contributed by atoms with Gasteiger partial charge in [0, 0.05) is 18.6 Å². The molecule has 0 saturated carbocycles. The first kappa shape index (κ1) is 29.3. The van der Waals surface area contributed by atoms with Crippen LogP contribution in [0, 0.1) is 5.92 Å². The van der Waals surface area contributed by atoms with Gasteiger partial charge in [0.1, 0.15) is 23.7 Å². The van der Waals surface area contributed by atoms with E-state index in [9.17, 15) is 9.59 Å². The Hall–Kier alpha value is -3.70. The summed E-state index contributed by atoms with van der Waals surface area (Å²) in [7, 11) is 0. The van der Waals surface area contributed by atoms with Gasteiger partial charge in [-0.15, -0.1) is 0 Å². The molecule has 4 rings (SSSR count). The number of rotatable bonds is 15. The standard InChI is InChI=1S/C35H40O5/c1-4-5-6-9-20-38-21-22-39-33-19-16-26-10-7-8-11-31(26)34(33)35(37)40-30-17-15-27-23-29(14-13-28(27)24-30)32(36)18-12-25(2)3/h7-8,10-11,13-17,19,23-25H,4-6,9,12,18,20-22H2,1-3H3. The molecule has 40 heavy (non-hydrogen) atoms. The molecule has 0 spiro atoms. The van der Waals surface area contributed by atoms with Crippen LogP contribution in [0.4, 0.5) is 0 Å². The predicted molar refractivity (Wildman–Crippen MR) is 162 cm³/mol. The fourth-order valence-electron chi connectivity index (χ4n) is 4.71. The van der Waals surface area contributed by atoms with Gasteiger partial charge in [0.15, 0.2) is 5.78 Å². The highest BCUT2D eigenvalue weighted by atomic mass is 16.5. The van der Waals surface area contributed by atoms with Crippen LogP contribution in [0.1, 0.15) is 80.0 Å². The molecule has 0 fully saturated rings. The van der Waals surface area contributed by atoms with Crippen LogP contribution >= 0.6 is 0 Å². The number of hydrogen-bond acceptors (Lipinski definition) is 5. The van der Waals surface area contributed by atoms with Gasteiger partial charge in [0.05, 0.1) is 6.61 Å². The van der Waals surface area contributed by atoms with Gasteiger partial charge in [-0.25, -0.2) is 4.79 Å². The van der Waals surface area contributed by atoms with Gasteiger partial charge in [-0.3, -0.25) is 4.79 Å². The van der Waals surface area contributed by atoms with Crippen LogP contribution in [0.25, 0.3) is 21.5 Å².